The largest absolute Gasteiger partial charge is 0.497 e. The Morgan fingerprint density at radius 2 is 1.77 bits per heavy atom. The molecule has 0 saturated heterocycles. The molecule has 0 radical (unpaired) electrons. The Labute approximate surface area is 210 Å². The summed E-state index contributed by atoms with van der Waals surface area (Å²) in [5.41, 5.74) is 4.90. The highest BCUT2D eigenvalue weighted by atomic mass is 32.2. The highest BCUT2D eigenvalue weighted by Gasteiger charge is 2.17. The molecule has 4 rings (SSSR count). The second kappa shape index (κ2) is 11.2. The van der Waals surface area contributed by atoms with Crippen LogP contribution >= 0.6 is 11.8 Å². The summed E-state index contributed by atoms with van der Waals surface area (Å²) in [6, 6.07) is 23.9. The summed E-state index contributed by atoms with van der Waals surface area (Å²) >= 11 is 1.61. The van der Waals surface area contributed by atoms with Crippen molar-refractivity contribution in [1.29, 1.82) is 0 Å². The molecule has 7 heteroatoms. The van der Waals surface area contributed by atoms with Crippen LogP contribution in [0.1, 0.15) is 35.3 Å². The molecule has 1 aromatic heterocycles. The molecule has 6 nitrogen and oxygen atoms in total. The van der Waals surface area contributed by atoms with Crippen LogP contribution < -0.4 is 10.1 Å². The van der Waals surface area contributed by atoms with E-state index in [2.05, 4.69) is 65.1 Å². The molecule has 1 heterocycles. The number of methoxy groups -OCH3 is 1. The zero-order chi connectivity index (χ0) is 24.8. The molecule has 4 aromatic rings. The van der Waals surface area contributed by atoms with Crippen LogP contribution in [0.15, 0.2) is 78.0 Å². The van der Waals surface area contributed by atoms with Crippen LogP contribution in [0.25, 0.3) is 17.1 Å². The average molecular weight is 487 g/mol. The summed E-state index contributed by atoms with van der Waals surface area (Å²) in [7, 11) is 1.66. The van der Waals surface area contributed by atoms with Gasteiger partial charge in [-0.25, -0.2) is 0 Å². The third kappa shape index (κ3) is 6.11. The fraction of sp³-hybridized carbons (Fsp3) is 0.250. The lowest BCUT2D eigenvalue weighted by atomic mass is 10.1. The van der Waals surface area contributed by atoms with Gasteiger partial charge in [-0.15, -0.1) is 10.2 Å². The second-order valence-corrected chi connectivity index (χ2v) is 9.74. The fourth-order valence-corrected chi connectivity index (χ4v) is 4.45. The molecule has 0 aliphatic carbocycles. The van der Waals surface area contributed by atoms with Crippen molar-refractivity contribution in [3.8, 4) is 22.8 Å². The van der Waals surface area contributed by atoms with Gasteiger partial charge in [0.05, 0.1) is 7.11 Å². The molecule has 0 saturated carbocycles. The molecular formula is C28H30N4O2S. The molecule has 0 aliphatic heterocycles. The van der Waals surface area contributed by atoms with Crippen molar-refractivity contribution < 1.29 is 9.53 Å². The minimum absolute atomic E-state index is 0.0417. The van der Waals surface area contributed by atoms with Crippen molar-refractivity contribution in [3.63, 3.8) is 0 Å². The van der Waals surface area contributed by atoms with Gasteiger partial charge in [0.15, 0.2) is 11.0 Å². The lowest BCUT2D eigenvalue weighted by molar-refractivity contribution is 0.0949. The summed E-state index contributed by atoms with van der Waals surface area (Å²) < 4.78 is 7.49. The number of nitrogens with one attached hydrogen (secondary N) is 1. The average Bonchev–Trinajstić information content (AvgIpc) is 3.30. The zero-order valence-corrected chi connectivity index (χ0v) is 21.3. The smallest absolute Gasteiger partial charge is 0.251 e. The first kappa shape index (κ1) is 24.5. The molecule has 0 unspecified atom stereocenters. The maximum absolute atomic E-state index is 12.3. The normalized spacial score (nSPS) is 11.0. The quantitative estimate of drug-likeness (QED) is 0.297. The van der Waals surface area contributed by atoms with Crippen LogP contribution in [0.4, 0.5) is 0 Å². The lowest BCUT2D eigenvalue weighted by Gasteiger charge is -2.12. The van der Waals surface area contributed by atoms with Gasteiger partial charge in [0, 0.05) is 29.1 Å². The van der Waals surface area contributed by atoms with E-state index in [1.54, 1.807) is 18.9 Å². The molecule has 0 atom stereocenters. The van der Waals surface area contributed by atoms with Gasteiger partial charge in [-0.2, -0.15) is 0 Å². The highest BCUT2D eigenvalue weighted by Crippen LogP contribution is 2.31. The highest BCUT2D eigenvalue weighted by molar-refractivity contribution is 7.98. The van der Waals surface area contributed by atoms with E-state index in [9.17, 15) is 4.79 Å². The predicted molar refractivity (Wildman–Crippen MR) is 141 cm³/mol. The third-order valence-electron chi connectivity index (χ3n) is 5.51. The van der Waals surface area contributed by atoms with E-state index in [0.29, 0.717) is 23.8 Å². The first-order chi connectivity index (χ1) is 16.9. The number of rotatable bonds is 9. The van der Waals surface area contributed by atoms with E-state index in [1.807, 2.05) is 48.5 Å². The van der Waals surface area contributed by atoms with Crippen LogP contribution in [0, 0.1) is 12.8 Å². The Morgan fingerprint density at radius 3 is 2.46 bits per heavy atom. The van der Waals surface area contributed by atoms with Gasteiger partial charge in [0.1, 0.15) is 5.75 Å². The Balaban J connectivity index is 1.57. The maximum Gasteiger partial charge on any atom is 0.251 e. The van der Waals surface area contributed by atoms with Gasteiger partial charge in [0.2, 0.25) is 0 Å². The standard InChI is InChI=1S/C28H30N4O2S/c1-19(2)17-29-27(33)22-12-10-21(11-13-22)18-35-28-31-30-26(23-6-5-7-25(16-23)34-4)32(28)24-14-8-20(3)9-15-24/h5-16,19H,17-18H2,1-4H3,(H,29,33). The molecule has 0 aliphatic rings. The summed E-state index contributed by atoms with van der Waals surface area (Å²) in [4.78, 5) is 12.3. The number of hydrogen-bond donors (Lipinski definition) is 1. The van der Waals surface area contributed by atoms with E-state index in [-0.39, 0.29) is 5.91 Å². The Kier molecular flexibility index (Phi) is 7.87. The van der Waals surface area contributed by atoms with Crippen LogP contribution in [0.2, 0.25) is 0 Å². The van der Waals surface area contributed by atoms with Gasteiger partial charge in [-0.1, -0.05) is 67.6 Å². The number of nitrogens with zero attached hydrogens (tertiary/aromatic N) is 3. The van der Waals surface area contributed by atoms with E-state index >= 15 is 0 Å². The molecule has 180 valence electrons. The molecule has 0 bridgehead atoms. The number of aryl methyl sites for hydroxylation is 1. The number of carbonyl (C=O) groups excluding carboxylic acids is 1. The van der Waals surface area contributed by atoms with Gasteiger partial charge in [-0.05, 0) is 54.8 Å². The van der Waals surface area contributed by atoms with E-state index in [4.69, 9.17) is 4.74 Å². The molecule has 0 spiro atoms. The topological polar surface area (TPSA) is 69.0 Å². The molecular weight excluding hydrogens is 456 g/mol. The minimum atomic E-state index is -0.0417. The Morgan fingerprint density at radius 1 is 1.03 bits per heavy atom. The summed E-state index contributed by atoms with van der Waals surface area (Å²) in [6.45, 7) is 6.90. The van der Waals surface area contributed by atoms with Crippen LogP contribution in [-0.2, 0) is 5.75 Å². The van der Waals surface area contributed by atoms with Crippen molar-refractivity contribution in [2.75, 3.05) is 13.7 Å². The number of hydrogen-bond acceptors (Lipinski definition) is 5. The molecule has 1 amide bonds. The molecule has 0 fully saturated rings. The number of ether oxygens (including phenoxy) is 1. The SMILES string of the molecule is COc1cccc(-c2nnc(SCc3ccc(C(=O)NCC(C)C)cc3)n2-c2ccc(C)cc2)c1. The van der Waals surface area contributed by atoms with Crippen LogP contribution in [-0.4, -0.2) is 34.3 Å². The van der Waals surface area contributed by atoms with Crippen molar-refractivity contribution in [1.82, 2.24) is 20.1 Å². The molecule has 3 aromatic carbocycles. The number of aromatic nitrogens is 3. The zero-order valence-electron chi connectivity index (χ0n) is 20.5. The second-order valence-electron chi connectivity index (χ2n) is 8.80. The van der Waals surface area contributed by atoms with Gasteiger partial charge >= 0.3 is 0 Å². The van der Waals surface area contributed by atoms with Crippen molar-refractivity contribution in [2.45, 2.75) is 31.7 Å². The predicted octanol–water partition coefficient (Wildman–Crippen LogP) is 5.93. The molecule has 35 heavy (non-hydrogen) atoms. The Bertz CT molecular complexity index is 1280. The van der Waals surface area contributed by atoms with Gasteiger partial charge in [-0.3, -0.25) is 9.36 Å². The van der Waals surface area contributed by atoms with Crippen molar-refractivity contribution >= 4 is 17.7 Å². The molecule has 1 N–H and O–H groups in total. The summed E-state index contributed by atoms with van der Waals surface area (Å²) in [5, 5.41) is 12.8. The number of amides is 1. The number of thioether (sulfide) groups is 1. The fourth-order valence-electron chi connectivity index (χ4n) is 3.54. The van der Waals surface area contributed by atoms with Gasteiger partial charge < -0.3 is 10.1 Å². The van der Waals surface area contributed by atoms with E-state index in [0.717, 1.165) is 33.5 Å². The van der Waals surface area contributed by atoms with Crippen molar-refractivity contribution in [3.05, 3.63) is 89.5 Å². The first-order valence-corrected chi connectivity index (χ1v) is 12.6. The van der Waals surface area contributed by atoms with Crippen molar-refractivity contribution in [2.24, 2.45) is 5.92 Å². The maximum atomic E-state index is 12.3. The lowest BCUT2D eigenvalue weighted by Crippen LogP contribution is -2.27. The monoisotopic (exact) mass is 486 g/mol. The minimum Gasteiger partial charge on any atom is -0.497 e. The van der Waals surface area contributed by atoms with Gasteiger partial charge in [0.25, 0.3) is 5.91 Å². The summed E-state index contributed by atoms with van der Waals surface area (Å²) in [6.07, 6.45) is 0. The third-order valence-corrected chi connectivity index (χ3v) is 6.51. The number of benzene rings is 3. The first-order valence-electron chi connectivity index (χ1n) is 11.6. The Hall–Kier alpha value is -3.58. The summed E-state index contributed by atoms with van der Waals surface area (Å²) in [5.74, 6) is 2.61. The van der Waals surface area contributed by atoms with Crippen LogP contribution in [0.5, 0.6) is 5.75 Å². The number of carbonyl (C=O) groups is 1. The van der Waals surface area contributed by atoms with E-state index < -0.39 is 0 Å². The van der Waals surface area contributed by atoms with Crippen LogP contribution in [0.3, 0.4) is 0 Å². The van der Waals surface area contributed by atoms with E-state index in [1.165, 1.54) is 5.56 Å².